The third-order valence-electron chi connectivity index (χ3n) is 3.96. The van der Waals surface area contributed by atoms with E-state index in [0.717, 1.165) is 5.56 Å². The zero-order valence-electron chi connectivity index (χ0n) is 15.6. The molecule has 0 heterocycles. The minimum atomic E-state index is -0.299. The van der Waals surface area contributed by atoms with E-state index >= 15 is 0 Å². The van der Waals surface area contributed by atoms with E-state index in [4.69, 9.17) is 9.47 Å². The van der Waals surface area contributed by atoms with Gasteiger partial charge in [-0.05, 0) is 63.5 Å². The Balaban J connectivity index is 1.68. The van der Waals surface area contributed by atoms with Gasteiger partial charge in [0.25, 0.3) is 5.91 Å². The molecule has 3 rings (SSSR count). The molecule has 0 fully saturated rings. The van der Waals surface area contributed by atoms with Crippen molar-refractivity contribution in [1.29, 1.82) is 0 Å². The number of nitrogens with one attached hydrogen (secondary N) is 1. The number of rotatable bonds is 7. The summed E-state index contributed by atoms with van der Waals surface area (Å²) in [5, 5.41) is 3.99. The zero-order chi connectivity index (χ0) is 20.6. The maximum atomic E-state index is 13.0. The van der Waals surface area contributed by atoms with Gasteiger partial charge in [0, 0.05) is 5.56 Å². The highest BCUT2D eigenvalue weighted by Gasteiger charge is 2.12. The Kier molecular flexibility index (Phi) is 6.97. The summed E-state index contributed by atoms with van der Waals surface area (Å²) in [7, 11) is 1.53. The Labute approximate surface area is 176 Å². The van der Waals surface area contributed by atoms with Gasteiger partial charge in [0.15, 0.2) is 11.5 Å². The Bertz CT molecular complexity index is 1010. The van der Waals surface area contributed by atoms with E-state index in [0.29, 0.717) is 27.1 Å². The monoisotopic (exact) mass is 456 g/mol. The lowest BCUT2D eigenvalue weighted by atomic mass is 10.2. The number of methoxy groups -OCH3 is 1. The Hall–Kier alpha value is -3.19. The van der Waals surface area contributed by atoms with Crippen LogP contribution in [0.15, 0.2) is 76.3 Å². The van der Waals surface area contributed by atoms with Gasteiger partial charge in [-0.2, -0.15) is 5.10 Å². The number of amides is 1. The fourth-order valence-corrected chi connectivity index (χ4v) is 3.08. The van der Waals surface area contributed by atoms with Crippen molar-refractivity contribution in [2.75, 3.05) is 7.11 Å². The molecule has 0 radical (unpaired) electrons. The molecule has 0 bridgehead atoms. The van der Waals surface area contributed by atoms with Gasteiger partial charge >= 0.3 is 0 Å². The number of hydrazone groups is 1. The molecule has 148 valence electrons. The van der Waals surface area contributed by atoms with Gasteiger partial charge in [0.2, 0.25) is 0 Å². The Morgan fingerprint density at radius 1 is 1.14 bits per heavy atom. The van der Waals surface area contributed by atoms with E-state index < -0.39 is 0 Å². The molecule has 0 spiro atoms. The molecule has 1 amide bonds. The molecule has 0 saturated carbocycles. The lowest BCUT2D eigenvalue weighted by Crippen LogP contribution is -2.17. The SMILES string of the molecule is COc1cc(/C=N\NC(=O)c2ccccc2)cc(Br)c1OCc1ccc(F)cc1. The van der Waals surface area contributed by atoms with Crippen molar-refractivity contribution in [1.82, 2.24) is 5.43 Å². The van der Waals surface area contributed by atoms with Gasteiger partial charge in [-0.15, -0.1) is 0 Å². The van der Waals surface area contributed by atoms with Crippen molar-refractivity contribution >= 4 is 28.1 Å². The van der Waals surface area contributed by atoms with Gasteiger partial charge in [-0.1, -0.05) is 30.3 Å². The minimum absolute atomic E-state index is 0.260. The lowest BCUT2D eigenvalue weighted by molar-refractivity contribution is 0.0955. The molecule has 7 heteroatoms. The van der Waals surface area contributed by atoms with Gasteiger partial charge in [-0.25, -0.2) is 9.82 Å². The fraction of sp³-hybridized carbons (Fsp3) is 0.0909. The van der Waals surface area contributed by atoms with E-state index in [2.05, 4.69) is 26.5 Å². The molecular weight excluding hydrogens is 439 g/mol. The number of hydrogen-bond donors (Lipinski definition) is 1. The van der Waals surface area contributed by atoms with Crippen molar-refractivity contribution in [2.45, 2.75) is 6.61 Å². The summed E-state index contributed by atoms with van der Waals surface area (Å²) in [6.45, 7) is 0.260. The van der Waals surface area contributed by atoms with E-state index in [1.165, 1.54) is 25.5 Å². The van der Waals surface area contributed by atoms with Crippen LogP contribution in [-0.2, 0) is 6.61 Å². The second-order valence-corrected chi connectivity index (χ2v) is 6.87. The van der Waals surface area contributed by atoms with Crippen LogP contribution in [0.3, 0.4) is 0 Å². The third-order valence-corrected chi connectivity index (χ3v) is 4.55. The van der Waals surface area contributed by atoms with E-state index in [9.17, 15) is 9.18 Å². The predicted octanol–water partition coefficient (Wildman–Crippen LogP) is 4.94. The zero-order valence-corrected chi connectivity index (χ0v) is 17.1. The van der Waals surface area contributed by atoms with Crippen LogP contribution in [0.25, 0.3) is 0 Å². The summed E-state index contributed by atoms with van der Waals surface area (Å²) in [4.78, 5) is 12.0. The second-order valence-electron chi connectivity index (χ2n) is 6.01. The molecular formula is C22H18BrFN2O3. The highest BCUT2D eigenvalue weighted by molar-refractivity contribution is 9.10. The number of carbonyl (C=O) groups excluding carboxylic acids is 1. The van der Waals surface area contributed by atoms with E-state index in [-0.39, 0.29) is 18.3 Å². The first kappa shape index (κ1) is 20.5. The van der Waals surface area contributed by atoms with Crippen molar-refractivity contribution < 1.29 is 18.7 Å². The molecule has 3 aromatic rings. The normalized spacial score (nSPS) is 10.7. The molecule has 0 saturated heterocycles. The van der Waals surface area contributed by atoms with E-state index in [1.807, 2.05) is 6.07 Å². The van der Waals surface area contributed by atoms with Gasteiger partial charge in [0.05, 0.1) is 17.8 Å². The minimum Gasteiger partial charge on any atom is -0.493 e. The summed E-state index contributed by atoms with van der Waals surface area (Å²) in [6.07, 6.45) is 1.51. The van der Waals surface area contributed by atoms with Crippen molar-refractivity contribution in [3.8, 4) is 11.5 Å². The summed E-state index contributed by atoms with van der Waals surface area (Å²) in [6, 6.07) is 18.4. The molecule has 0 atom stereocenters. The molecule has 0 unspecified atom stereocenters. The number of carbonyl (C=O) groups is 1. The van der Waals surface area contributed by atoms with Gasteiger partial charge in [0.1, 0.15) is 12.4 Å². The summed E-state index contributed by atoms with van der Waals surface area (Å²) >= 11 is 3.47. The summed E-state index contributed by atoms with van der Waals surface area (Å²) in [5.41, 5.74) is 4.54. The Morgan fingerprint density at radius 3 is 2.55 bits per heavy atom. The molecule has 29 heavy (non-hydrogen) atoms. The smallest absolute Gasteiger partial charge is 0.271 e. The molecule has 0 aliphatic rings. The molecule has 0 aliphatic heterocycles. The van der Waals surface area contributed by atoms with Crippen LogP contribution < -0.4 is 14.9 Å². The fourth-order valence-electron chi connectivity index (χ4n) is 2.51. The van der Waals surface area contributed by atoms with Crippen LogP contribution >= 0.6 is 15.9 Å². The van der Waals surface area contributed by atoms with Gasteiger partial charge in [-0.3, -0.25) is 4.79 Å². The second kappa shape index (κ2) is 9.84. The number of nitrogens with zero attached hydrogens (tertiary/aromatic N) is 1. The maximum Gasteiger partial charge on any atom is 0.271 e. The third kappa shape index (κ3) is 5.65. The number of ether oxygens (including phenoxy) is 2. The molecule has 0 aliphatic carbocycles. The Morgan fingerprint density at radius 2 is 1.86 bits per heavy atom. The van der Waals surface area contributed by atoms with Crippen LogP contribution in [0.5, 0.6) is 11.5 Å². The summed E-state index contributed by atoms with van der Waals surface area (Å²) < 4.78 is 24.9. The average molecular weight is 457 g/mol. The largest absolute Gasteiger partial charge is 0.493 e. The van der Waals surface area contributed by atoms with Crippen LogP contribution in [0.1, 0.15) is 21.5 Å². The van der Waals surface area contributed by atoms with Crippen molar-refractivity contribution in [2.24, 2.45) is 5.10 Å². The predicted molar refractivity (Wildman–Crippen MR) is 113 cm³/mol. The average Bonchev–Trinajstić information content (AvgIpc) is 2.74. The first-order valence-corrected chi connectivity index (χ1v) is 9.49. The number of halogens is 2. The lowest BCUT2D eigenvalue weighted by Gasteiger charge is -2.13. The molecule has 1 N–H and O–H groups in total. The van der Waals surface area contributed by atoms with Crippen LogP contribution in [0, 0.1) is 5.82 Å². The quantitative estimate of drug-likeness (QED) is 0.404. The number of benzene rings is 3. The number of hydrogen-bond acceptors (Lipinski definition) is 4. The van der Waals surface area contributed by atoms with Crippen LogP contribution in [0.2, 0.25) is 0 Å². The maximum absolute atomic E-state index is 13.0. The van der Waals surface area contributed by atoms with E-state index in [1.54, 1.807) is 48.5 Å². The molecule has 3 aromatic carbocycles. The van der Waals surface area contributed by atoms with Crippen LogP contribution in [-0.4, -0.2) is 19.2 Å². The molecule has 0 aromatic heterocycles. The highest BCUT2D eigenvalue weighted by atomic mass is 79.9. The van der Waals surface area contributed by atoms with Crippen molar-refractivity contribution in [3.63, 3.8) is 0 Å². The highest BCUT2D eigenvalue weighted by Crippen LogP contribution is 2.36. The van der Waals surface area contributed by atoms with Gasteiger partial charge < -0.3 is 9.47 Å². The standard InChI is InChI=1S/C22H18BrFN2O3/c1-28-20-12-16(13-25-26-22(27)17-5-3-2-4-6-17)11-19(23)21(20)29-14-15-7-9-18(24)10-8-15/h2-13H,14H2,1H3,(H,26,27)/b25-13-. The van der Waals surface area contributed by atoms with Crippen molar-refractivity contribution in [3.05, 3.63) is 93.7 Å². The molecule has 5 nitrogen and oxygen atoms in total. The first-order valence-electron chi connectivity index (χ1n) is 8.70. The topological polar surface area (TPSA) is 59.9 Å². The summed E-state index contributed by atoms with van der Waals surface area (Å²) in [5.74, 6) is 0.419. The first-order chi connectivity index (χ1) is 14.1. The van der Waals surface area contributed by atoms with Crippen LogP contribution in [0.4, 0.5) is 4.39 Å².